The molecule has 1 aromatic rings. The van der Waals surface area contributed by atoms with E-state index in [0.717, 1.165) is 41.5 Å². The molecule has 1 amide bonds. The lowest BCUT2D eigenvalue weighted by Crippen LogP contribution is -2.52. The van der Waals surface area contributed by atoms with Gasteiger partial charge >= 0.3 is 0 Å². The number of amides is 1. The molecule has 114 valence electrons. The van der Waals surface area contributed by atoms with Crippen molar-refractivity contribution < 1.29 is 4.79 Å². The van der Waals surface area contributed by atoms with Crippen LogP contribution in [0.4, 0.5) is 0 Å². The van der Waals surface area contributed by atoms with E-state index in [1.807, 2.05) is 25.1 Å². The van der Waals surface area contributed by atoms with Crippen LogP contribution in [0.25, 0.3) is 0 Å². The highest BCUT2D eigenvalue weighted by molar-refractivity contribution is 9.10. The summed E-state index contributed by atoms with van der Waals surface area (Å²) in [6, 6.07) is 6.86. The molecule has 2 fully saturated rings. The summed E-state index contributed by atoms with van der Waals surface area (Å²) >= 11 is 3.54. The van der Waals surface area contributed by atoms with E-state index < -0.39 is 0 Å². The lowest BCUT2D eigenvalue weighted by Gasteiger charge is -2.39. The standard InChI is InChI=1S/C17H23BrN2O/c1-12-7-8-14(18)13(11-12)17(21)20-10-3-2-6-16(20)15-5-4-9-19-15/h7-8,11,15-16,19H,2-6,9-10H2,1H3. The minimum atomic E-state index is 0.184. The molecule has 4 heteroatoms. The number of halogens is 1. The average molecular weight is 351 g/mol. The largest absolute Gasteiger partial charge is 0.334 e. The van der Waals surface area contributed by atoms with Crippen molar-refractivity contribution in [3.63, 3.8) is 0 Å². The van der Waals surface area contributed by atoms with Gasteiger partial charge in [-0.05, 0) is 73.6 Å². The summed E-state index contributed by atoms with van der Waals surface area (Å²) in [6.07, 6.45) is 5.92. The van der Waals surface area contributed by atoms with Crippen molar-refractivity contribution in [2.45, 2.75) is 51.1 Å². The molecule has 2 heterocycles. The molecule has 0 bridgehead atoms. The molecule has 1 aromatic carbocycles. The number of hydrogen-bond acceptors (Lipinski definition) is 2. The minimum absolute atomic E-state index is 0.184. The van der Waals surface area contributed by atoms with Gasteiger partial charge in [-0.1, -0.05) is 11.6 Å². The fraction of sp³-hybridized carbons (Fsp3) is 0.588. The highest BCUT2D eigenvalue weighted by Gasteiger charge is 2.35. The third kappa shape index (κ3) is 3.16. The highest BCUT2D eigenvalue weighted by Crippen LogP contribution is 2.28. The number of benzene rings is 1. The number of carbonyl (C=O) groups is 1. The Morgan fingerprint density at radius 3 is 2.90 bits per heavy atom. The maximum Gasteiger partial charge on any atom is 0.255 e. The first-order chi connectivity index (χ1) is 10.2. The normalized spacial score (nSPS) is 26.1. The van der Waals surface area contributed by atoms with Gasteiger partial charge in [0.05, 0.1) is 5.56 Å². The Balaban J connectivity index is 1.85. The van der Waals surface area contributed by atoms with E-state index in [9.17, 15) is 4.79 Å². The van der Waals surface area contributed by atoms with Gasteiger partial charge in [0, 0.05) is 23.1 Å². The van der Waals surface area contributed by atoms with Crippen LogP contribution >= 0.6 is 15.9 Å². The fourth-order valence-electron chi connectivity index (χ4n) is 3.63. The van der Waals surface area contributed by atoms with Gasteiger partial charge in [-0.25, -0.2) is 0 Å². The van der Waals surface area contributed by atoms with Crippen molar-refractivity contribution in [2.75, 3.05) is 13.1 Å². The van der Waals surface area contributed by atoms with Crippen molar-refractivity contribution in [3.8, 4) is 0 Å². The van der Waals surface area contributed by atoms with Crippen molar-refractivity contribution in [1.82, 2.24) is 10.2 Å². The minimum Gasteiger partial charge on any atom is -0.334 e. The van der Waals surface area contributed by atoms with Gasteiger partial charge in [0.15, 0.2) is 0 Å². The molecule has 2 saturated heterocycles. The number of hydrogen-bond donors (Lipinski definition) is 1. The number of piperidine rings is 1. The molecule has 1 N–H and O–H groups in total. The molecule has 2 aliphatic heterocycles. The Morgan fingerprint density at radius 1 is 1.29 bits per heavy atom. The first-order valence-electron chi connectivity index (χ1n) is 7.97. The highest BCUT2D eigenvalue weighted by atomic mass is 79.9. The Bertz CT molecular complexity index is 526. The summed E-state index contributed by atoms with van der Waals surface area (Å²) in [5.41, 5.74) is 1.94. The van der Waals surface area contributed by atoms with E-state index in [1.165, 1.54) is 19.3 Å². The molecule has 2 atom stereocenters. The summed E-state index contributed by atoms with van der Waals surface area (Å²) in [5, 5.41) is 3.58. The van der Waals surface area contributed by atoms with Crippen molar-refractivity contribution in [1.29, 1.82) is 0 Å². The number of carbonyl (C=O) groups excluding carboxylic acids is 1. The molecule has 0 aromatic heterocycles. The second-order valence-corrected chi connectivity index (χ2v) is 7.10. The molecule has 0 spiro atoms. The van der Waals surface area contributed by atoms with Crippen molar-refractivity contribution >= 4 is 21.8 Å². The van der Waals surface area contributed by atoms with Gasteiger partial charge in [0.1, 0.15) is 0 Å². The number of nitrogens with one attached hydrogen (secondary N) is 1. The van der Waals surface area contributed by atoms with Gasteiger partial charge in [-0.15, -0.1) is 0 Å². The van der Waals surface area contributed by atoms with Gasteiger partial charge in [-0.2, -0.15) is 0 Å². The molecule has 3 nitrogen and oxygen atoms in total. The monoisotopic (exact) mass is 350 g/mol. The maximum atomic E-state index is 13.0. The van der Waals surface area contributed by atoms with Crippen LogP contribution in [0.3, 0.4) is 0 Å². The molecule has 0 saturated carbocycles. The van der Waals surface area contributed by atoms with Crippen molar-refractivity contribution in [3.05, 3.63) is 33.8 Å². The molecule has 0 radical (unpaired) electrons. The first-order valence-corrected chi connectivity index (χ1v) is 8.76. The van der Waals surface area contributed by atoms with E-state index in [0.29, 0.717) is 12.1 Å². The van der Waals surface area contributed by atoms with Gasteiger partial charge < -0.3 is 10.2 Å². The van der Waals surface area contributed by atoms with Crippen LogP contribution in [-0.2, 0) is 0 Å². The lowest BCUT2D eigenvalue weighted by atomic mass is 9.93. The van der Waals surface area contributed by atoms with Crippen LogP contribution in [0.5, 0.6) is 0 Å². The summed E-state index contributed by atoms with van der Waals surface area (Å²) in [4.78, 5) is 15.1. The predicted octanol–water partition coefficient (Wildman–Crippen LogP) is 3.50. The molecule has 2 unspecified atom stereocenters. The SMILES string of the molecule is Cc1ccc(Br)c(C(=O)N2CCCCC2C2CCCN2)c1. The Morgan fingerprint density at radius 2 is 2.14 bits per heavy atom. The number of rotatable bonds is 2. The molecule has 2 aliphatic rings. The van der Waals surface area contributed by atoms with E-state index in [2.05, 4.69) is 26.1 Å². The third-order valence-corrected chi connectivity index (χ3v) is 5.42. The zero-order valence-corrected chi connectivity index (χ0v) is 14.2. The van der Waals surface area contributed by atoms with Crippen LogP contribution < -0.4 is 5.32 Å². The van der Waals surface area contributed by atoms with Crippen LogP contribution in [0.15, 0.2) is 22.7 Å². The summed E-state index contributed by atoms with van der Waals surface area (Å²) in [7, 11) is 0. The molecular formula is C17H23BrN2O. The Hall–Kier alpha value is -0.870. The first kappa shape index (κ1) is 15.0. The average Bonchev–Trinajstić information content (AvgIpc) is 3.03. The van der Waals surface area contributed by atoms with Crippen LogP contribution in [0.1, 0.15) is 48.0 Å². The quantitative estimate of drug-likeness (QED) is 0.885. The topological polar surface area (TPSA) is 32.3 Å². The summed E-state index contributed by atoms with van der Waals surface area (Å²) < 4.78 is 0.904. The van der Waals surface area contributed by atoms with E-state index >= 15 is 0 Å². The predicted molar refractivity (Wildman–Crippen MR) is 88.6 cm³/mol. The Labute approximate surface area is 135 Å². The van der Waals surface area contributed by atoms with E-state index in [1.54, 1.807) is 0 Å². The summed E-state index contributed by atoms with van der Waals surface area (Å²) in [5.74, 6) is 0.184. The summed E-state index contributed by atoms with van der Waals surface area (Å²) in [6.45, 7) is 4.02. The maximum absolute atomic E-state index is 13.0. The second-order valence-electron chi connectivity index (χ2n) is 6.25. The zero-order chi connectivity index (χ0) is 14.8. The van der Waals surface area contributed by atoms with Gasteiger partial charge in [0.2, 0.25) is 0 Å². The number of likely N-dealkylation sites (tertiary alicyclic amines) is 1. The molecule has 21 heavy (non-hydrogen) atoms. The Kier molecular flexibility index (Phi) is 4.65. The van der Waals surface area contributed by atoms with Gasteiger partial charge in [0.25, 0.3) is 5.91 Å². The van der Waals surface area contributed by atoms with Crippen LogP contribution in [-0.4, -0.2) is 36.0 Å². The fourth-order valence-corrected chi connectivity index (χ4v) is 4.04. The third-order valence-electron chi connectivity index (χ3n) is 4.73. The van der Waals surface area contributed by atoms with Crippen LogP contribution in [0, 0.1) is 6.92 Å². The second kappa shape index (κ2) is 6.49. The lowest BCUT2D eigenvalue weighted by molar-refractivity contribution is 0.0562. The number of aryl methyl sites for hydroxylation is 1. The van der Waals surface area contributed by atoms with E-state index in [-0.39, 0.29) is 5.91 Å². The molecular weight excluding hydrogens is 328 g/mol. The molecule has 0 aliphatic carbocycles. The van der Waals surface area contributed by atoms with Gasteiger partial charge in [-0.3, -0.25) is 4.79 Å². The number of nitrogens with zero attached hydrogens (tertiary/aromatic N) is 1. The zero-order valence-electron chi connectivity index (χ0n) is 12.6. The van der Waals surface area contributed by atoms with E-state index in [4.69, 9.17) is 0 Å². The smallest absolute Gasteiger partial charge is 0.255 e. The van der Waals surface area contributed by atoms with Crippen molar-refractivity contribution in [2.24, 2.45) is 0 Å². The van der Waals surface area contributed by atoms with Crippen LogP contribution in [0.2, 0.25) is 0 Å². The molecule has 3 rings (SSSR count).